The molecule has 294 valence electrons. The first-order valence-electron chi connectivity index (χ1n) is 20.3. The van der Waals surface area contributed by atoms with Gasteiger partial charge < -0.3 is 0 Å². The van der Waals surface area contributed by atoms with Gasteiger partial charge in [0.1, 0.15) is 0 Å². The number of rotatable bonds is 3. The average molecular weight is 679 g/mol. The molecular formula is C48H102. The van der Waals surface area contributed by atoms with Crippen LogP contribution in [-0.2, 0) is 6.42 Å². The summed E-state index contributed by atoms with van der Waals surface area (Å²) in [5.41, 5.74) is 3.77. The lowest BCUT2D eigenvalue weighted by atomic mass is 9.94. The average Bonchev–Trinajstić information content (AvgIpc) is 3.04. The van der Waals surface area contributed by atoms with Crippen LogP contribution in [0.15, 0.2) is 60.7 Å². The molecule has 0 aliphatic heterocycles. The molecule has 0 amide bonds. The van der Waals surface area contributed by atoms with E-state index < -0.39 is 0 Å². The van der Waals surface area contributed by atoms with Crippen molar-refractivity contribution in [3.05, 3.63) is 71.8 Å². The van der Waals surface area contributed by atoms with Crippen LogP contribution in [0.25, 0.3) is 0 Å². The Morgan fingerprint density at radius 1 is 0.500 bits per heavy atom. The van der Waals surface area contributed by atoms with E-state index in [1.807, 2.05) is 65.8 Å². The molecule has 0 N–H and O–H groups in total. The van der Waals surface area contributed by atoms with Crippen LogP contribution in [0.5, 0.6) is 0 Å². The van der Waals surface area contributed by atoms with Gasteiger partial charge in [0.2, 0.25) is 0 Å². The van der Waals surface area contributed by atoms with Crippen LogP contribution in [0.1, 0.15) is 216 Å². The van der Waals surface area contributed by atoms with E-state index in [-0.39, 0.29) is 0 Å². The van der Waals surface area contributed by atoms with Crippen LogP contribution < -0.4 is 0 Å². The molecule has 0 radical (unpaired) electrons. The first kappa shape index (κ1) is 68.4. The Labute approximate surface area is 312 Å². The number of unbranched alkanes of at least 4 members (excludes halogenated alkanes) is 1. The van der Waals surface area contributed by atoms with Gasteiger partial charge in [-0.3, -0.25) is 0 Å². The Hall–Kier alpha value is -1.56. The minimum Gasteiger partial charge on any atom is -0.0683 e. The monoisotopic (exact) mass is 679 g/mol. The summed E-state index contributed by atoms with van der Waals surface area (Å²) in [6, 6.07) is 20.7. The van der Waals surface area contributed by atoms with Gasteiger partial charge in [0.15, 0.2) is 0 Å². The zero-order valence-electron chi connectivity index (χ0n) is 39.2. The summed E-state index contributed by atoms with van der Waals surface area (Å²) < 4.78 is 0. The standard InChI is InChI=1S/C8H10.C7H8.C6H14.2C5H12.2C4H10.C3H8.3C2H6/c1-2-8-6-4-3-5-7-8;1-7-5-3-2-4-6-7;1-5-6(2,3)4;1-5(2,3)4;1-4-5(2)3;1-4(2)3;1-3-4-2;1-3-2;3*1-2/h3-7H,2H2,1H3;2-6H,1H3;5H2,1-4H3;1-4H3;5H,4H2,1-3H3;4H,1-3H3;3-4H2,1-2H3;3H2,1-2H3;3*1-2H3. The topological polar surface area (TPSA) is 0 Å². The molecule has 0 fully saturated rings. The lowest BCUT2D eigenvalue weighted by Crippen LogP contribution is -2.00. The number of aryl methyl sites for hydroxylation is 2. The first-order chi connectivity index (χ1) is 22.2. The summed E-state index contributed by atoms with van der Waals surface area (Å²) in [5, 5.41) is 0. The molecule has 2 aromatic rings. The van der Waals surface area contributed by atoms with Crippen LogP contribution in [-0.4, -0.2) is 0 Å². The molecule has 2 aromatic carbocycles. The van der Waals surface area contributed by atoms with Gasteiger partial charge in [0, 0.05) is 0 Å². The van der Waals surface area contributed by atoms with Crippen LogP contribution >= 0.6 is 0 Å². The summed E-state index contributed by atoms with van der Waals surface area (Å²) >= 11 is 0. The molecule has 0 aromatic heterocycles. The van der Waals surface area contributed by atoms with Crippen LogP contribution in [0, 0.1) is 29.6 Å². The van der Waals surface area contributed by atoms with Gasteiger partial charge in [0.05, 0.1) is 0 Å². The van der Waals surface area contributed by atoms with E-state index in [0.717, 1.165) is 18.3 Å². The fourth-order valence-electron chi connectivity index (χ4n) is 1.25. The van der Waals surface area contributed by atoms with E-state index in [1.54, 1.807) is 0 Å². The van der Waals surface area contributed by atoms with Crippen molar-refractivity contribution in [3.63, 3.8) is 0 Å². The second kappa shape index (κ2) is 60.7. The summed E-state index contributed by atoms with van der Waals surface area (Å²) in [7, 11) is 0. The SMILES string of the molecule is CC.CC.CC.CC(C)(C)C.CC(C)C.CCC.CCC(C)(C)C.CCC(C)C.CCCC.CCc1ccccc1.Cc1ccccc1. The lowest BCUT2D eigenvalue weighted by Gasteiger charge is -2.12. The molecular weight excluding hydrogens is 577 g/mol. The zero-order chi connectivity index (χ0) is 40.6. The minimum absolute atomic E-state index is 0.500. The van der Waals surface area contributed by atoms with Crippen LogP contribution in [0.4, 0.5) is 0 Å². The third-order valence-electron chi connectivity index (χ3n) is 4.57. The van der Waals surface area contributed by atoms with Crippen molar-refractivity contribution in [2.75, 3.05) is 0 Å². The molecule has 2 rings (SSSR count). The summed E-state index contributed by atoms with van der Waals surface area (Å²) in [4.78, 5) is 0. The highest BCUT2D eigenvalue weighted by molar-refractivity contribution is 5.14. The van der Waals surface area contributed by atoms with Crippen molar-refractivity contribution in [3.8, 4) is 0 Å². The van der Waals surface area contributed by atoms with Gasteiger partial charge >= 0.3 is 0 Å². The fourth-order valence-corrected chi connectivity index (χ4v) is 1.25. The summed E-state index contributed by atoms with van der Waals surface area (Å²) in [6.45, 7) is 55.7. The Balaban J connectivity index is -0.0000000514. The second-order valence-corrected chi connectivity index (χ2v) is 14.6. The maximum Gasteiger partial charge on any atom is -0.0307 e. The predicted octanol–water partition coefficient (Wildman–Crippen LogP) is 18.8. The van der Waals surface area contributed by atoms with Gasteiger partial charge in [-0.05, 0) is 41.6 Å². The summed E-state index contributed by atoms with van der Waals surface area (Å²) in [5.74, 6) is 1.72. The highest BCUT2D eigenvalue weighted by atomic mass is 14.1. The van der Waals surface area contributed by atoms with Crippen LogP contribution in [0.2, 0.25) is 0 Å². The fraction of sp³-hybridized carbons (Fsp3) is 0.750. The molecule has 0 spiro atoms. The van der Waals surface area contributed by atoms with E-state index in [9.17, 15) is 0 Å². The van der Waals surface area contributed by atoms with Gasteiger partial charge in [-0.2, -0.15) is 0 Å². The largest absolute Gasteiger partial charge is 0.0683 e. The molecule has 0 heterocycles. The summed E-state index contributed by atoms with van der Waals surface area (Å²) in [6.07, 6.45) is 7.60. The molecule has 0 aliphatic carbocycles. The van der Waals surface area contributed by atoms with Crippen molar-refractivity contribution < 1.29 is 0 Å². The first-order valence-corrected chi connectivity index (χ1v) is 20.3. The lowest BCUT2D eigenvalue weighted by molar-refractivity contribution is 0.398. The van der Waals surface area contributed by atoms with E-state index >= 15 is 0 Å². The third-order valence-corrected chi connectivity index (χ3v) is 4.57. The normalized spacial score (nSPS) is 8.67. The molecule has 0 bridgehead atoms. The molecule has 0 heteroatoms. The van der Waals surface area contributed by atoms with Crippen molar-refractivity contribution in [2.45, 2.75) is 219 Å². The highest BCUT2D eigenvalue weighted by Gasteiger charge is 2.03. The van der Waals surface area contributed by atoms with Gasteiger partial charge in [-0.15, -0.1) is 0 Å². The number of hydrogen-bond donors (Lipinski definition) is 0. The van der Waals surface area contributed by atoms with E-state index in [2.05, 4.69) is 175 Å². The highest BCUT2D eigenvalue weighted by Crippen LogP contribution is 2.16. The third kappa shape index (κ3) is 167. The van der Waals surface area contributed by atoms with Crippen molar-refractivity contribution in [1.29, 1.82) is 0 Å². The molecule has 0 saturated heterocycles. The maximum atomic E-state index is 2.24. The molecule has 0 nitrogen and oxygen atoms in total. The predicted molar refractivity (Wildman–Crippen MR) is 238 cm³/mol. The van der Waals surface area contributed by atoms with Gasteiger partial charge in [0.25, 0.3) is 0 Å². The molecule has 48 heavy (non-hydrogen) atoms. The van der Waals surface area contributed by atoms with E-state index in [1.165, 1.54) is 43.2 Å². The molecule has 0 aliphatic rings. The number of hydrogen-bond acceptors (Lipinski definition) is 0. The Kier molecular flexibility index (Phi) is 86.6. The van der Waals surface area contributed by atoms with Gasteiger partial charge in [-0.1, -0.05) is 271 Å². The smallest absolute Gasteiger partial charge is 0.0307 e. The van der Waals surface area contributed by atoms with E-state index in [0.29, 0.717) is 10.8 Å². The molecule has 0 saturated carbocycles. The Morgan fingerprint density at radius 3 is 0.792 bits per heavy atom. The quantitative estimate of drug-likeness (QED) is 0.303. The minimum atomic E-state index is 0.500. The maximum absolute atomic E-state index is 2.24. The molecule has 0 atom stereocenters. The van der Waals surface area contributed by atoms with Crippen molar-refractivity contribution >= 4 is 0 Å². The molecule has 0 unspecified atom stereocenters. The van der Waals surface area contributed by atoms with Crippen molar-refractivity contribution in [2.24, 2.45) is 22.7 Å². The van der Waals surface area contributed by atoms with E-state index in [4.69, 9.17) is 0 Å². The van der Waals surface area contributed by atoms with Crippen LogP contribution in [0.3, 0.4) is 0 Å². The van der Waals surface area contributed by atoms with Crippen molar-refractivity contribution in [1.82, 2.24) is 0 Å². The number of benzene rings is 2. The second-order valence-electron chi connectivity index (χ2n) is 14.6. The zero-order valence-corrected chi connectivity index (χ0v) is 39.2. The van der Waals surface area contributed by atoms with Gasteiger partial charge in [-0.25, -0.2) is 0 Å². The Morgan fingerprint density at radius 2 is 0.708 bits per heavy atom. The Bertz CT molecular complexity index is 640.